The van der Waals surface area contributed by atoms with E-state index in [4.69, 9.17) is 0 Å². The molecule has 0 aliphatic carbocycles. The number of benzene rings is 1. The van der Waals surface area contributed by atoms with Crippen LogP contribution < -0.4 is 5.32 Å². The maximum absolute atomic E-state index is 4.45. The first-order valence-corrected chi connectivity index (χ1v) is 7.22. The number of aromatic nitrogens is 2. The first-order chi connectivity index (χ1) is 9.20. The average Bonchev–Trinajstić information content (AvgIpc) is 2.98. The van der Waals surface area contributed by atoms with E-state index in [0.29, 0.717) is 0 Å². The SMILES string of the molecule is CNC(c1cccc2ccsc12)c1cc(C)nn1C. The van der Waals surface area contributed by atoms with Gasteiger partial charge in [0.1, 0.15) is 0 Å². The van der Waals surface area contributed by atoms with Crippen molar-refractivity contribution in [3.63, 3.8) is 0 Å². The lowest BCUT2D eigenvalue weighted by Crippen LogP contribution is -2.20. The molecule has 0 saturated carbocycles. The summed E-state index contributed by atoms with van der Waals surface area (Å²) >= 11 is 1.80. The number of fused-ring (bicyclic) bond motifs is 1. The predicted octanol–water partition coefficient (Wildman–Crippen LogP) is 3.25. The van der Waals surface area contributed by atoms with Crippen LogP contribution in [0.5, 0.6) is 0 Å². The normalized spacial score (nSPS) is 13.0. The van der Waals surface area contributed by atoms with Crippen LogP contribution in [0.25, 0.3) is 10.1 Å². The molecule has 0 radical (unpaired) electrons. The second-order valence-electron chi connectivity index (χ2n) is 4.74. The van der Waals surface area contributed by atoms with E-state index in [1.54, 1.807) is 11.3 Å². The van der Waals surface area contributed by atoms with Gasteiger partial charge in [0.05, 0.1) is 17.4 Å². The van der Waals surface area contributed by atoms with Crippen molar-refractivity contribution >= 4 is 21.4 Å². The standard InChI is InChI=1S/C15H17N3S/c1-10-9-13(18(3)17-10)14(16-2)12-6-4-5-11-7-8-19-15(11)12/h4-9,14,16H,1-3H3. The molecule has 19 heavy (non-hydrogen) atoms. The molecule has 0 aliphatic rings. The third kappa shape index (κ3) is 2.07. The molecule has 0 amide bonds. The van der Waals surface area contributed by atoms with E-state index in [9.17, 15) is 0 Å². The largest absolute Gasteiger partial charge is 0.308 e. The van der Waals surface area contributed by atoms with E-state index in [1.165, 1.54) is 21.3 Å². The quantitative estimate of drug-likeness (QED) is 0.792. The van der Waals surface area contributed by atoms with Crippen molar-refractivity contribution in [2.75, 3.05) is 7.05 Å². The molecule has 3 rings (SSSR count). The first-order valence-electron chi connectivity index (χ1n) is 6.34. The van der Waals surface area contributed by atoms with Crippen LogP contribution in [0.1, 0.15) is 23.0 Å². The Morgan fingerprint density at radius 1 is 1.32 bits per heavy atom. The van der Waals surface area contributed by atoms with Gasteiger partial charge in [-0.15, -0.1) is 11.3 Å². The van der Waals surface area contributed by atoms with E-state index >= 15 is 0 Å². The van der Waals surface area contributed by atoms with Crippen LogP contribution in [0, 0.1) is 6.92 Å². The molecule has 0 bridgehead atoms. The van der Waals surface area contributed by atoms with E-state index in [2.05, 4.69) is 46.1 Å². The monoisotopic (exact) mass is 271 g/mol. The number of nitrogens with zero attached hydrogens (tertiary/aromatic N) is 2. The highest BCUT2D eigenvalue weighted by Gasteiger charge is 2.19. The molecule has 2 aromatic heterocycles. The fraction of sp³-hybridized carbons (Fsp3) is 0.267. The lowest BCUT2D eigenvalue weighted by atomic mass is 10.0. The van der Waals surface area contributed by atoms with Gasteiger partial charge < -0.3 is 5.32 Å². The minimum Gasteiger partial charge on any atom is -0.308 e. The Morgan fingerprint density at radius 3 is 2.84 bits per heavy atom. The maximum atomic E-state index is 4.45. The van der Waals surface area contributed by atoms with Gasteiger partial charge in [-0.2, -0.15) is 5.10 Å². The number of aryl methyl sites for hydroxylation is 2. The molecule has 2 heterocycles. The second kappa shape index (κ2) is 4.79. The summed E-state index contributed by atoms with van der Waals surface area (Å²) < 4.78 is 3.31. The van der Waals surface area contributed by atoms with Crippen molar-refractivity contribution in [3.8, 4) is 0 Å². The third-order valence-corrected chi connectivity index (χ3v) is 4.42. The van der Waals surface area contributed by atoms with Gasteiger partial charge in [-0.05, 0) is 42.4 Å². The first kappa shape index (κ1) is 12.4. The molecule has 3 aromatic rings. The number of hydrogen-bond acceptors (Lipinski definition) is 3. The van der Waals surface area contributed by atoms with Gasteiger partial charge in [-0.3, -0.25) is 4.68 Å². The van der Waals surface area contributed by atoms with Crippen LogP contribution in [-0.2, 0) is 7.05 Å². The molecule has 98 valence electrons. The van der Waals surface area contributed by atoms with Crippen molar-refractivity contribution in [1.82, 2.24) is 15.1 Å². The lowest BCUT2D eigenvalue weighted by molar-refractivity contribution is 0.608. The van der Waals surface area contributed by atoms with E-state index in [0.717, 1.165) is 5.69 Å². The Hall–Kier alpha value is -1.65. The minimum absolute atomic E-state index is 0.175. The molecule has 0 aliphatic heterocycles. The molecule has 0 saturated heterocycles. The van der Waals surface area contributed by atoms with Gasteiger partial charge in [0.15, 0.2) is 0 Å². The summed E-state index contributed by atoms with van der Waals surface area (Å²) in [6, 6.07) is 11.0. The smallest absolute Gasteiger partial charge is 0.0759 e. The van der Waals surface area contributed by atoms with E-state index in [-0.39, 0.29) is 6.04 Å². The summed E-state index contributed by atoms with van der Waals surface area (Å²) in [5.41, 5.74) is 3.56. The highest BCUT2D eigenvalue weighted by molar-refractivity contribution is 7.17. The topological polar surface area (TPSA) is 29.9 Å². The van der Waals surface area contributed by atoms with Crippen molar-refractivity contribution in [1.29, 1.82) is 0 Å². The summed E-state index contributed by atoms with van der Waals surface area (Å²) in [6.45, 7) is 2.03. The fourth-order valence-electron chi connectivity index (χ4n) is 2.61. The third-order valence-electron chi connectivity index (χ3n) is 3.44. The average molecular weight is 271 g/mol. The van der Waals surface area contributed by atoms with Crippen LogP contribution in [0.2, 0.25) is 0 Å². The highest BCUT2D eigenvalue weighted by atomic mass is 32.1. The maximum Gasteiger partial charge on any atom is 0.0759 e. The highest BCUT2D eigenvalue weighted by Crippen LogP contribution is 2.32. The Bertz CT molecular complexity index is 711. The van der Waals surface area contributed by atoms with Crippen LogP contribution in [-0.4, -0.2) is 16.8 Å². The summed E-state index contributed by atoms with van der Waals surface area (Å²) in [5, 5.41) is 11.3. The molecule has 0 fully saturated rings. The number of rotatable bonds is 3. The lowest BCUT2D eigenvalue weighted by Gasteiger charge is -2.17. The van der Waals surface area contributed by atoms with Gasteiger partial charge in [0.2, 0.25) is 0 Å². The molecule has 1 atom stereocenters. The van der Waals surface area contributed by atoms with Gasteiger partial charge in [0, 0.05) is 11.7 Å². The number of hydrogen-bond donors (Lipinski definition) is 1. The van der Waals surface area contributed by atoms with Gasteiger partial charge >= 0.3 is 0 Å². The van der Waals surface area contributed by atoms with Crippen LogP contribution in [0.15, 0.2) is 35.7 Å². The van der Waals surface area contributed by atoms with E-state index in [1.807, 2.05) is 25.7 Å². The minimum atomic E-state index is 0.175. The Kier molecular flexibility index (Phi) is 3.12. The molecule has 1 N–H and O–H groups in total. The number of thiophene rings is 1. The molecular formula is C15H17N3S. The Morgan fingerprint density at radius 2 is 2.16 bits per heavy atom. The zero-order valence-corrected chi connectivity index (χ0v) is 12.2. The van der Waals surface area contributed by atoms with Crippen LogP contribution in [0.3, 0.4) is 0 Å². The zero-order valence-electron chi connectivity index (χ0n) is 11.3. The summed E-state index contributed by atoms with van der Waals surface area (Å²) in [4.78, 5) is 0. The van der Waals surface area contributed by atoms with Gasteiger partial charge in [-0.25, -0.2) is 0 Å². The zero-order chi connectivity index (χ0) is 13.4. The Balaban J connectivity index is 2.17. The van der Waals surface area contributed by atoms with E-state index < -0.39 is 0 Å². The summed E-state index contributed by atoms with van der Waals surface area (Å²) in [7, 11) is 4.00. The second-order valence-corrected chi connectivity index (χ2v) is 5.66. The molecule has 1 unspecified atom stereocenters. The molecular weight excluding hydrogens is 254 g/mol. The van der Waals surface area contributed by atoms with Gasteiger partial charge in [-0.1, -0.05) is 18.2 Å². The summed E-state index contributed by atoms with van der Waals surface area (Å²) in [6.07, 6.45) is 0. The van der Waals surface area contributed by atoms with Crippen molar-refractivity contribution in [2.45, 2.75) is 13.0 Å². The Labute approximate surface area is 116 Å². The number of nitrogens with one attached hydrogen (secondary N) is 1. The molecule has 1 aromatic carbocycles. The van der Waals surface area contributed by atoms with Crippen molar-refractivity contribution in [3.05, 3.63) is 52.7 Å². The molecule has 4 heteroatoms. The fourth-order valence-corrected chi connectivity index (χ4v) is 3.55. The molecule has 0 spiro atoms. The van der Waals surface area contributed by atoms with Crippen LogP contribution in [0.4, 0.5) is 0 Å². The van der Waals surface area contributed by atoms with Gasteiger partial charge in [0.25, 0.3) is 0 Å². The van der Waals surface area contributed by atoms with Crippen molar-refractivity contribution in [2.24, 2.45) is 7.05 Å². The van der Waals surface area contributed by atoms with Crippen LogP contribution >= 0.6 is 11.3 Å². The van der Waals surface area contributed by atoms with Crippen molar-refractivity contribution < 1.29 is 0 Å². The summed E-state index contributed by atoms with van der Waals surface area (Å²) in [5.74, 6) is 0. The molecule has 3 nitrogen and oxygen atoms in total. The predicted molar refractivity (Wildman–Crippen MR) is 80.7 cm³/mol.